The Bertz CT molecular complexity index is 1510. The Morgan fingerprint density at radius 2 is 1.62 bits per heavy atom. The summed E-state index contributed by atoms with van der Waals surface area (Å²) in [5, 5.41) is 24.2. The zero-order chi connectivity index (χ0) is 34.3. The fraction of sp³-hybridized carbons (Fsp3) is 0.394. The van der Waals surface area contributed by atoms with Crippen LogP contribution in [0.5, 0.6) is 0 Å². The maximum absolute atomic E-state index is 15.2. The third-order valence-electron chi connectivity index (χ3n) is 7.55. The summed E-state index contributed by atoms with van der Waals surface area (Å²) in [6.07, 6.45) is -0.404. The van der Waals surface area contributed by atoms with E-state index in [1.54, 1.807) is 20.8 Å². The van der Waals surface area contributed by atoms with Crippen molar-refractivity contribution >= 4 is 23.8 Å². The molecule has 0 bridgehead atoms. The molecule has 47 heavy (non-hydrogen) atoms. The lowest BCUT2D eigenvalue weighted by Crippen LogP contribution is -2.53. The number of morpholine rings is 1. The van der Waals surface area contributed by atoms with Crippen LogP contribution in [0.15, 0.2) is 60.9 Å². The molecule has 2 aromatic carbocycles. The van der Waals surface area contributed by atoms with Gasteiger partial charge in [0.2, 0.25) is 5.91 Å². The maximum atomic E-state index is 15.2. The Labute approximate surface area is 269 Å². The largest absolute Gasteiger partial charge is 0.465 e. The molecule has 2 heterocycles. The van der Waals surface area contributed by atoms with Crippen LogP contribution in [-0.2, 0) is 20.7 Å². The van der Waals surface area contributed by atoms with Gasteiger partial charge in [0, 0.05) is 11.5 Å². The Kier molecular flexibility index (Phi) is 11.4. The average molecular weight is 659 g/mol. The van der Waals surface area contributed by atoms with Gasteiger partial charge in [0.1, 0.15) is 29.1 Å². The third-order valence-corrected chi connectivity index (χ3v) is 7.55. The molecule has 0 saturated carbocycles. The molecule has 0 radical (unpaired) electrons. The lowest BCUT2D eigenvalue weighted by Gasteiger charge is -2.37. The van der Waals surface area contributed by atoms with Gasteiger partial charge in [-0.3, -0.25) is 14.7 Å². The minimum absolute atomic E-state index is 0.00932. The monoisotopic (exact) mass is 658 g/mol. The van der Waals surface area contributed by atoms with E-state index < -0.39 is 71.9 Å². The first-order chi connectivity index (χ1) is 22.3. The van der Waals surface area contributed by atoms with Crippen LogP contribution >= 0.6 is 0 Å². The number of aromatic nitrogens is 1. The summed E-state index contributed by atoms with van der Waals surface area (Å²) >= 11 is 0. The number of ether oxygens (including phenoxy) is 2. The number of anilines is 1. The van der Waals surface area contributed by atoms with Crippen LogP contribution in [0, 0.1) is 17.5 Å². The molecule has 0 unspecified atom stereocenters. The van der Waals surface area contributed by atoms with Crippen LogP contribution in [-0.4, -0.2) is 81.7 Å². The van der Waals surface area contributed by atoms with Crippen molar-refractivity contribution in [2.75, 3.05) is 25.1 Å². The summed E-state index contributed by atoms with van der Waals surface area (Å²) in [6, 6.07) is 8.31. The number of carbonyl (C=O) groups excluding carboxylic acids is 2. The van der Waals surface area contributed by atoms with Gasteiger partial charge in [-0.2, -0.15) is 0 Å². The van der Waals surface area contributed by atoms with Crippen molar-refractivity contribution in [1.29, 1.82) is 0 Å². The zero-order valence-corrected chi connectivity index (χ0v) is 26.1. The lowest BCUT2D eigenvalue weighted by atomic mass is 9.84. The molecule has 3 aromatic rings. The van der Waals surface area contributed by atoms with Crippen LogP contribution in [0.1, 0.15) is 49.8 Å². The molecular formula is C33H37F3N4O7. The fourth-order valence-corrected chi connectivity index (χ4v) is 5.31. The maximum Gasteiger partial charge on any atom is 0.408 e. The summed E-state index contributed by atoms with van der Waals surface area (Å²) < 4.78 is 54.2. The van der Waals surface area contributed by atoms with E-state index in [2.05, 4.69) is 15.6 Å². The van der Waals surface area contributed by atoms with E-state index in [1.807, 2.05) is 0 Å². The van der Waals surface area contributed by atoms with Gasteiger partial charge in [-0.1, -0.05) is 24.3 Å². The van der Waals surface area contributed by atoms with E-state index >= 15 is 4.39 Å². The van der Waals surface area contributed by atoms with Crippen molar-refractivity contribution in [3.05, 3.63) is 95.1 Å². The Morgan fingerprint density at radius 1 is 1.02 bits per heavy atom. The van der Waals surface area contributed by atoms with Crippen LogP contribution in [0.3, 0.4) is 0 Å². The van der Waals surface area contributed by atoms with E-state index in [0.29, 0.717) is 11.1 Å². The molecule has 4 rings (SSSR count). The van der Waals surface area contributed by atoms with Crippen LogP contribution in [0.2, 0.25) is 0 Å². The molecule has 1 aliphatic heterocycles. The van der Waals surface area contributed by atoms with E-state index in [0.717, 1.165) is 11.1 Å². The number of alkyl carbamates (subject to hydrolysis) is 1. The van der Waals surface area contributed by atoms with Crippen molar-refractivity contribution < 1.29 is 47.2 Å². The molecular weight excluding hydrogens is 621 g/mol. The highest BCUT2D eigenvalue weighted by molar-refractivity contribution is 5.98. The van der Waals surface area contributed by atoms with Crippen molar-refractivity contribution in [3.63, 3.8) is 0 Å². The molecule has 0 spiro atoms. The third kappa shape index (κ3) is 9.42. The van der Waals surface area contributed by atoms with Gasteiger partial charge in [-0.15, -0.1) is 0 Å². The van der Waals surface area contributed by atoms with Crippen molar-refractivity contribution in [2.45, 2.75) is 63.3 Å². The Balaban J connectivity index is 1.65. The smallest absolute Gasteiger partial charge is 0.408 e. The molecule has 1 aromatic heterocycles. The molecule has 252 valence electrons. The number of nitrogens with one attached hydrogen (secondary N) is 2. The first-order valence-corrected chi connectivity index (χ1v) is 14.9. The number of pyridine rings is 1. The second-order valence-electron chi connectivity index (χ2n) is 12.1. The van der Waals surface area contributed by atoms with Gasteiger partial charge < -0.3 is 30.3 Å². The van der Waals surface area contributed by atoms with Gasteiger partial charge >= 0.3 is 12.2 Å². The number of rotatable bonds is 10. The van der Waals surface area contributed by atoms with E-state index in [-0.39, 0.29) is 37.2 Å². The summed E-state index contributed by atoms with van der Waals surface area (Å²) in [5.74, 6) is -3.61. The first kappa shape index (κ1) is 35.2. The number of hydrogen-bond donors (Lipinski definition) is 4. The summed E-state index contributed by atoms with van der Waals surface area (Å²) in [4.78, 5) is 43.7. The lowest BCUT2D eigenvalue weighted by molar-refractivity contribution is -0.118. The van der Waals surface area contributed by atoms with E-state index in [9.17, 15) is 33.4 Å². The summed E-state index contributed by atoms with van der Waals surface area (Å²) in [7, 11) is 0. The summed E-state index contributed by atoms with van der Waals surface area (Å²) in [6.45, 7) is 4.41. The second kappa shape index (κ2) is 15.3. The topological polar surface area (TPSA) is 150 Å². The molecule has 1 fully saturated rings. The Morgan fingerprint density at radius 3 is 2.15 bits per heavy atom. The second-order valence-corrected chi connectivity index (χ2v) is 12.1. The Hall–Kier alpha value is -4.69. The number of hydrogen-bond acceptors (Lipinski definition) is 7. The number of aliphatic hydroxyl groups is 1. The molecule has 1 saturated heterocycles. The van der Waals surface area contributed by atoms with Crippen molar-refractivity contribution in [3.8, 4) is 0 Å². The molecule has 14 heteroatoms. The van der Waals surface area contributed by atoms with Gasteiger partial charge in [0.15, 0.2) is 0 Å². The molecule has 11 nitrogen and oxygen atoms in total. The van der Waals surface area contributed by atoms with Gasteiger partial charge in [0.25, 0.3) is 0 Å². The SMILES string of the molecule is CC(C)(C)OC(=O)N[C@H](C(=O)Nc1cncc(F)c1CC[C@@H]1CN(C(=O)O)[C@H](CO)CO1)C(c1ccc(F)cc1)c1ccc(F)cc1. The highest BCUT2D eigenvalue weighted by Gasteiger charge is 2.35. The number of halogens is 3. The van der Waals surface area contributed by atoms with Crippen molar-refractivity contribution in [2.24, 2.45) is 0 Å². The highest BCUT2D eigenvalue weighted by atomic mass is 19.1. The first-order valence-electron chi connectivity index (χ1n) is 14.9. The predicted molar refractivity (Wildman–Crippen MR) is 164 cm³/mol. The predicted octanol–water partition coefficient (Wildman–Crippen LogP) is 4.84. The standard InChI is InChI=1S/C33H37F3N4O7/c1-33(2,3)47-31(43)39-29(28(19-4-8-21(34)9-5-19)20-6-10-22(35)11-7-20)30(42)38-27-15-37-14-26(36)25(27)13-12-24-16-40(32(44)45)23(17-41)18-46-24/h4-11,14-15,23-24,28-29,41H,12-13,16-18H2,1-3H3,(H,38,42)(H,39,43)(H,44,45)/t23-,24-,29+/m1/s1. The summed E-state index contributed by atoms with van der Waals surface area (Å²) in [5.41, 5.74) is -0.0715. The number of carbonyl (C=O) groups is 3. The van der Waals surface area contributed by atoms with Crippen LogP contribution in [0.25, 0.3) is 0 Å². The highest BCUT2D eigenvalue weighted by Crippen LogP contribution is 2.31. The number of aliphatic hydroxyl groups excluding tert-OH is 1. The minimum Gasteiger partial charge on any atom is -0.465 e. The number of carboxylic acid groups (broad SMARTS) is 1. The number of amides is 3. The van der Waals surface area contributed by atoms with E-state index in [4.69, 9.17) is 9.47 Å². The molecule has 1 aliphatic rings. The van der Waals surface area contributed by atoms with Crippen LogP contribution < -0.4 is 10.6 Å². The van der Waals surface area contributed by atoms with Gasteiger partial charge in [0.05, 0.1) is 50.0 Å². The zero-order valence-electron chi connectivity index (χ0n) is 26.1. The van der Waals surface area contributed by atoms with Gasteiger partial charge in [-0.25, -0.2) is 22.8 Å². The quantitative estimate of drug-likeness (QED) is 0.242. The minimum atomic E-state index is -1.43. The number of benzene rings is 2. The number of nitrogens with zero attached hydrogens (tertiary/aromatic N) is 2. The average Bonchev–Trinajstić information content (AvgIpc) is 3.01. The molecule has 3 amide bonds. The van der Waals surface area contributed by atoms with Crippen molar-refractivity contribution in [1.82, 2.24) is 15.2 Å². The van der Waals surface area contributed by atoms with Gasteiger partial charge in [-0.05, 0) is 69.0 Å². The fourth-order valence-electron chi connectivity index (χ4n) is 5.31. The normalized spacial score (nSPS) is 17.2. The van der Waals surface area contributed by atoms with Crippen LogP contribution in [0.4, 0.5) is 28.4 Å². The molecule has 4 N–H and O–H groups in total. The molecule has 3 atom stereocenters. The van der Waals surface area contributed by atoms with E-state index in [1.165, 1.54) is 54.7 Å². The molecule has 0 aliphatic carbocycles.